The van der Waals surface area contributed by atoms with Crippen LogP contribution in [0, 0.1) is 0 Å². The van der Waals surface area contributed by atoms with Crippen LogP contribution in [0.15, 0.2) is 52.4 Å². The summed E-state index contributed by atoms with van der Waals surface area (Å²) in [6.07, 6.45) is 2.23. The van der Waals surface area contributed by atoms with Gasteiger partial charge in [-0.1, -0.05) is 12.1 Å². The Morgan fingerprint density at radius 2 is 1.88 bits per heavy atom. The molecule has 0 bridgehead atoms. The Kier molecular flexibility index (Phi) is 5.46. The van der Waals surface area contributed by atoms with Gasteiger partial charge in [-0.25, -0.2) is 8.42 Å². The Balaban J connectivity index is 1.72. The van der Waals surface area contributed by atoms with Crippen LogP contribution in [-0.4, -0.2) is 40.7 Å². The predicted octanol–water partition coefficient (Wildman–Crippen LogP) is 2.42. The molecular formula is C19H22N2O4S. The summed E-state index contributed by atoms with van der Waals surface area (Å²) in [6.45, 7) is 2.06. The van der Waals surface area contributed by atoms with Crippen LogP contribution >= 0.6 is 0 Å². The molecule has 26 heavy (non-hydrogen) atoms. The van der Waals surface area contributed by atoms with Gasteiger partial charge in [-0.05, 0) is 42.3 Å². The van der Waals surface area contributed by atoms with Gasteiger partial charge in [0.15, 0.2) is 21.3 Å². The fraction of sp³-hybridized carbons (Fsp3) is 0.316. The second kappa shape index (κ2) is 7.78. The molecule has 0 saturated heterocycles. The molecule has 6 nitrogen and oxygen atoms in total. The van der Waals surface area contributed by atoms with E-state index in [9.17, 15) is 8.42 Å². The maximum absolute atomic E-state index is 11.5. The summed E-state index contributed by atoms with van der Waals surface area (Å²) in [5, 5.41) is 3.29. The maximum Gasteiger partial charge on any atom is 0.175 e. The van der Waals surface area contributed by atoms with Crippen molar-refractivity contribution in [1.82, 2.24) is 5.32 Å². The highest BCUT2D eigenvalue weighted by Gasteiger charge is 2.12. The summed E-state index contributed by atoms with van der Waals surface area (Å²) in [7, 11) is -1.59. The van der Waals surface area contributed by atoms with Crippen LogP contribution in [-0.2, 0) is 16.4 Å². The molecule has 0 fully saturated rings. The Morgan fingerprint density at radius 3 is 2.50 bits per heavy atom. The number of nitrogens with one attached hydrogen (secondary N) is 1. The first-order valence-electron chi connectivity index (χ1n) is 8.36. The molecule has 7 heteroatoms. The van der Waals surface area contributed by atoms with Gasteiger partial charge < -0.3 is 14.8 Å². The highest BCUT2D eigenvalue weighted by Crippen LogP contribution is 2.29. The molecule has 0 atom stereocenters. The highest BCUT2D eigenvalue weighted by molar-refractivity contribution is 7.90. The Bertz CT molecular complexity index is 906. The number of benzene rings is 2. The van der Waals surface area contributed by atoms with Gasteiger partial charge >= 0.3 is 0 Å². The van der Waals surface area contributed by atoms with Gasteiger partial charge in [-0.15, -0.1) is 0 Å². The molecule has 138 valence electrons. The second-order valence-electron chi connectivity index (χ2n) is 6.08. The average molecular weight is 374 g/mol. The van der Waals surface area contributed by atoms with Gasteiger partial charge in [0.2, 0.25) is 0 Å². The third-order valence-electron chi connectivity index (χ3n) is 4.08. The first-order chi connectivity index (χ1) is 12.5. The van der Waals surface area contributed by atoms with Crippen LogP contribution in [0.2, 0.25) is 0 Å². The monoisotopic (exact) mass is 374 g/mol. The minimum absolute atomic E-state index is 0.295. The molecular weight excluding hydrogens is 352 g/mol. The quantitative estimate of drug-likeness (QED) is 0.840. The molecule has 1 N–H and O–H groups in total. The van der Waals surface area contributed by atoms with Gasteiger partial charge in [0.1, 0.15) is 12.4 Å². The van der Waals surface area contributed by atoms with E-state index in [0.717, 1.165) is 36.5 Å². The molecule has 0 aromatic heterocycles. The van der Waals surface area contributed by atoms with E-state index in [1.54, 1.807) is 31.4 Å². The first-order valence-corrected chi connectivity index (χ1v) is 10.2. The maximum atomic E-state index is 11.5. The molecule has 0 spiro atoms. The number of methoxy groups -OCH3 is 1. The number of ether oxygens (including phenoxy) is 2. The lowest BCUT2D eigenvalue weighted by atomic mass is 10.1. The SMILES string of the molecule is COc1cc(C2=NCCCN2)ccc1OCc1ccc(S(C)(=O)=O)cc1. The highest BCUT2D eigenvalue weighted by atomic mass is 32.2. The number of amidine groups is 1. The summed E-state index contributed by atoms with van der Waals surface area (Å²) < 4.78 is 34.3. The topological polar surface area (TPSA) is 77.0 Å². The van der Waals surface area contributed by atoms with Crippen LogP contribution in [0.3, 0.4) is 0 Å². The standard InChI is InChI=1S/C19H22N2O4S/c1-24-18-12-15(19-20-10-3-11-21-19)6-9-17(18)25-13-14-4-7-16(8-5-14)26(2,22)23/h4-9,12H,3,10-11,13H2,1-2H3,(H,20,21). The number of aliphatic imine (C=N–C) groups is 1. The molecule has 0 saturated carbocycles. The summed E-state index contributed by atoms with van der Waals surface area (Å²) in [5.74, 6) is 2.13. The van der Waals surface area contributed by atoms with Crippen molar-refractivity contribution in [2.75, 3.05) is 26.5 Å². The minimum atomic E-state index is -3.19. The van der Waals surface area contributed by atoms with Crippen molar-refractivity contribution in [3.8, 4) is 11.5 Å². The van der Waals surface area contributed by atoms with E-state index >= 15 is 0 Å². The third-order valence-corrected chi connectivity index (χ3v) is 5.21. The summed E-state index contributed by atoms with van der Waals surface area (Å²) in [6, 6.07) is 12.4. The van der Waals surface area contributed by atoms with Crippen LogP contribution < -0.4 is 14.8 Å². The fourth-order valence-electron chi connectivity index (χ4n) is 2.65. The lowest BCUT2D eigenvalue weighted by molar-refractivity contribution is 0.284. The van der Waals surface area contributed by atoms with Crippen molar-refractivity contribution in [3.63, 3.8) is 0 Å². The zero-order chi connectivity index (χ0) is 18.6. The summed E-state index contributed by atoms with van der Waals surface area (Å²) >= 11 is 0. The van der Waals surface area contributed by atoms with Gasteiger partial charge in [0, 0.05) is 24.9 Å². The van der Waals surface area contributed by atoms with E-state index in [-0.39, 0.29) is 0 Å². The molecule has 0 amide bonds. The van der Waals surface area contributed by atoms with Crippen LogP contribution in [0.1, 0.15) is 17.5 Å². The summed E-state index contributed by atoms with van der Waals surface area (Å²) in [5.41, 5.74) is 1.84. The first kappa shape index (κ1) is 18.3. The number of nitrogens with zero attached hydrogens (tertiary/aromatic N) is 1. The van der Waals surface area contributed by atoms with E-state index in [1.807, 2.05) is 18.2 Å². The lowest BCUT2D eigenvalue weighted by Gasteiger charge is -2.17. The largest absolute Gasteiger partial charge is 0.493 e. The zero-order valence-corrected chi connectivity index (χ0v) is 15.7. The number of hydrogen-bond donors (Lipinski definition) is 1. The van der Waals surface area contributed by atoms with Crippen molar-refractivity contribution in [2.45, 2.75) is 17.9 Å². The van der Waals surface area contributed by atoms with E-state index in [2.05, 4.69) is 10.3 Å². The molecule has 0 unspecified atom stereocenters. The van der Waals surface area contributed by atoms with E-state index < -0.39 is 9.84 Å². The number of hydrogen-bond acceptors (Lipinski definition) is 6. The second-order valence-corrected chi connectivity index (χ2v) is 8.10. The summed E-state index contributed by atoms with van der Waals surface area (Å²) in [4.78, 5) is 4.78. The Morgan fingerprint density at radius 1 is 1.12 bits per heavy atom. The van der Waals surface area contributed by atoms with Crippen molar-refractivity contribution in [2.24, 2.45) is 4.99 Å². The van der Waals surface area contributed by atoms with Gasteiger partial charge in [0.25, 0.3) is 0 Å². The fourth-order valence-corrected chi connectivity index (χ4v) is 3.28. The molecule has 1 aliphatic rings. The zero-order valence-electron chi connectivity index (χ0n) is 14.9. The Hall–Kier alpha value is -2.54. The Labute approximate surface area is 153 Å². The molecule has 0 radical (unpaired) electrons. The van der Waals surface area contributed by atoms with Gasteiger partial charge in [-0.3, -0.25) is 4.99 Å². The smallest absolute Gasteiger partial charge is 0.175 e. The molecule has 3 rings (SSSR count). The normalized spacial score (nSPS) is 14.3. The van der Waals surface area contributed by atoms with Crippen molar-refractivity contribution in [3.05, 3.63) is 53.6 Å². The molecule has 2 aromatic rings. The van der Waals surface area contributed by atoms with Gasteiger partial charge in [0.05, 0.1) is 12.0 Å². The third kappa shape index (κ3) is 4.35. The molecule has 2 aromatic carbocycles. The number of rotatable bonds is 6. The molecule has 0 aliphatic carbocycles. The van der Waals surface area contributed by atoms with Crippen LogP contribution in [0.25, 0.3) is 0 Å². The van der Waals surface area contributed by atoms with Crippen molar-refractivity contribution < 1.29 is 17.9 Å². The van der Waals surface area contributed by atoms with Gasteiger partial charge in [-0.2, -0.15) is 0 Å². The van der Waals surface area contributed by atoms with Crippen molar-refractivity contribution >= 4 is 15.7 Å². The van der Waals surface area contributed by atoms with Crippen LogP contribution in [0.5, 0.6) is 11.5 Å². The molecule has 1 heterocycles. The van der Waals surface area contributed by atoms with E-state index in [0.29, 0.717) is 23.0 Å². The van der Waals surface area contributed by atoms with E-state index in [4.69, 9.17) is 9.47 Å². The average Bonchev–Trinajstić information content (AvgIpc) is 2.66. The van der Waals surface area contributed by atoms with E-state index in [1.165, 1.54) is 6.26 Å². The lowest BCUT2D eigenvalue weighted by Crippen LogP contribution is -2.30. The number of sulfone groups is 1. The molecule has 1 aliphatic heterocycles. The predicted molar refractivity (Wildman–Crippen MR) is 101 cm³/mol. The van der Waals surface area contributed by atoms with Crippen LogP contribution in [0.4, 0.5) is 0 Å². The minimum Gasteiger partial charge on any atom is -0.493 e. The van der Waals surface area contributed by atoms with Crippen molar-refractivity contribution in [1.29, 1.82) is 0 Å².